The molecule has 100 valence electrons. The quantitative estimate of drug-likeness (QED) is 0.894. The van der Waals surface area contributed by atoms with Gasteiger partial charge < -0.3 is 14.8 Å². The second kappa shape index (κ2) is 6.09. The summed E-state index contributed by atoms with van der Waals surface area (Å²) in [6.07, 6.45) is 0. The van der Waals surface area contributed by atoms with E-state index in [1.54, 1.807) is 38.5 Å². The van der Waals surface area contributed by atoms with Crippen molar-refractivity contribution in [1.29, 1.82) is 0 Å². The molecule has 2 aromatic rings. The molecular weight excluding hydrogens is 245 g/mol. The van der Waals surface area contributed by atoms with E-state index >= 15 is 0 Å². The molecule has 0 atom stereocenters. The molecule has 2 aromatic carbocycles. The van der Waals surface area contributed by atoms with Gasteiger partial charge in [-0.25, -0.2) is 4.39 Å². The van der Waals surface area contributed by atoms with Crippen molar-refractivity contribution < 1.29 is 13.9 Å². The maximum atomic E-state index is 13.5. The van der Waals surface area contributed by atoms with Gasteiger partial charge in [0.1, 0.15) is 17.3 Å². The minimum absolute atomic E-state index is 0.266. The molecule has 0 saturated heterocycles. The van der Waals surface area contributed by atoms with E-state index < -0.39 is 0 Å². The highest BCUT2D eigenvalue weighted by molar-refractivity contribution is 5.46. The fraction of sp³-hybridized carbons (Fsp3) is 0.200. The Balaban J connectivity index is 2.13. The standard InChI is InChI=1S/C15H16FNO2/c1-18-12-7-11(8-13(9-12)19-2)10-17-15-6-4-3-5-14(15)16/h3-9,17H,10H2,1-2H3. The van der Waals surface area contributed by atoms with E-state index in [1.165, 1.54) is 6.07 Å². The summed E-state index contributed by atoms with van der Waals surface area (Å²) in [7, 11) is 3.20. The van der Waals surface area contributed by atoms with Gasteiger partial charge in [0.15, 0.2) is 0 Å². The van der Waals surface area contributed by atoms with Gasteiger partial charge in [-0.2, -0.15) is 0 Å². The van der Waals surface area contributed by atoms with Gasteiger partial charge >= 0.3 is 0 Å². The van der Waals surface area contributed by atoms with Crippen LogP contribution in [0.3, 0.4) is 0 Å². The summed E-state index contributed by atoms with van der Waals surface area (Å²) >= 11 is 0. The van der Waals surface area contributed by atoms with E-state index in [1.807, 2.05) is 12.1 Å². The first-order valence-electron chi connectivity index (χ1n) is 5.93. The number of methoxy groups -OCH3 is 2. The zero-order chi connectivity index (χ0) is 13.7. The minimum Gasteiger partial charge on any atom is -0.497 e. The molecule has 2 rings (SSSR count). The highest BCUT2D eigenvalue weighted by Crippen LogP contribution is 2.23. The highest BCUT2D eigenvalue weighted by Gasteiger charge is 2.03. The van der Waals surface area contributed by atoms with Crippen molar-refractivity contribution in [2.45, 2.75) is 6.54 Å². The zero-order valence-corrected chi connectivity index (χ0v) is 10.9. The van der Waals surface area contributed by atoms with Gasteiger partial charge in [0.25, 0.3) is 0 Å². The third-order valence-electron chi connectivity index (χ3n) is 2.77. The van der Waals surface area contributed by atoms with Crippen LogP contribution in [0.4, 0.5) is 10.1 Å². The monoisotopic (exact) mass is 261 g/mol. The lowest BCUT2D eigenvalue weighted by molar-refractivity contribution is 0.393. The summed E-state index contributed by atoms with van der Waals surface area (Å²) < 4.78 is 23.9. The van der Waals surface area contributed by atoms with E-state index in [2.05, 4.69) is 5.32 Å². The van der Waals surface area contributed by atoms with Crippen molar-refractivity contribution >= 4 is 5.69 Å². The summed E-state index contributed by atoms with van der Waals surface area (Å²) in [6, 6.07) is 12.1. The van der Waals surface area contributed by atoms with Crippen LogP contribution in [0.15, 0.2) is 42.5 Å². The predicted octanol–water partition coefficient (Wildman–Crippen LogP) is 3.46. The molecular formula is C15H16FNO2. The molecule has 0 aromatic heterocycles. The lowest BCUT2D eigenvalue weighted by Crippen LogP contribution is -2.02. The van der Waals surface area contributed by atoms with Crippen molar-refractivity contribution in [3.8, 4) is 11.5 Å². The van der Waals surface area contributed by atoms with Gasteiger partial charge in [-0.1, -0.05) is 12.1 Å². The van der Waals surface area contributed by atoms with Gasteiger partial charge in [-0.15, -0.1) is 0 Å². The maximum absolute atomic E-state index is 13.5. The molecule has 3 nitrogen and oxygen atoms in total. The number of rotatable bonds is 5. The molecule has 0 aliphatic rings. The molecule has 0 saturated carbocycles. The van der Waals surface area contributed by atoms with Gasteiger partial charge in [-0.05, 0) is 29.8 Å². The van der Waals surface area contributed by atoms with Crippen LogP contribution in [0.1, 0.15) is 5.56 Å². The van der Waals surface area contributed by atoms with E-state index in [0.29, 0.717) is 23.7 Å². The number of hydrogen-bond donors (Lipinski definition) is 1. The van der Waals surface area contributed by atoms with Crippen molar-refractivity contribution in [2.24, 2.45) is 0 Å². The summed E-state index contributed by atoms with van der Waals surface area (Å²) in [6.45, 7) is 0.495. The smallest absolute Gasteiger partial charge is 0.146 e. The van der Waals surface area contributed by atoms with E-state index in [9.17, 15) is 4.39 Å². The van der Waals surface area contributed by atoms with E-state index in [-0.39, 0.29) is 5.82 Å². The first-order valence-corrected chi connectivity index (χ1v) is 5.93. The van der Waals surface area contributed by atoms with Gasteiger partial charge in [0.2, 0.25) is 0 Å². The van der Waals surface area contributed by atoms with Gasteiger partial charge in [0.05, 0.1) is 19.9 Å². The van der Waals surface area contributed by atoms with Crippen molar-refractivity contribution in [1.82, 2.24) is 0 Å². The number of nitrogens with one attached hydrogen (secondary N) is 1. The number of hydrogen-bond acceptors (Lipinski definition) is 3. The van der Waals surface area contributed by atoms with Crippen molar-refractivity contribution in [3.05, 3.63) is 53.8 Å². The molecule has 4 heteroatoms. The average Bonchev–Trinajstić information content (AvgIpc) is 2.46. The van der Waals surface area contributed by atoms with Crippen LogP contribution in [-0.4, -0.2) is 14.2 Å². The largest absolute Gasteiger partial charge is 0.497 e. The molecule has 0 fully saturated rings. The molecule has 0 bridgehead atoms. The molecule has 0 radical (unpaired) electrons. The number of halogens is 1. The second-order valence-electron chi connectivity index (χ2n) is 4.05. The van der Waals surface area contributed by atoms with Crippen LogP contribution in [0.25, 0.3) is 0 Å². The number of benzene rings is 2. The molecule has 0 amide bonds. The molecule has 0 spiro atoms. The Bertz CT molecular complexity index is 535. The lowest BCUT2D eigenvalue weighted by Gasteiger charge is -2.10. The first kappa shape index (κ1) is 13.2. The fourth-order valence-corrected chi connectivity index (χ4v) is 1.77. The topological polar surface area (TPSA) is 30.5 Å². The SMILES string of the molecule is COc1cc(CNc2ccccc2F)cc(OC)c1. The first-order chi connectivity index (χ1) is 9.22. The third-order valence-corrected chi connectivity index (χ3v) is 2.77. The molecule has 0 heterocycles. The summed E-state index contributed by atoms with van der Waals surface area (Å²) in [5, 5.41) is 3.05. The summed E-state index contributed by atoms with van der Waals surface area (Å²) in [5.74, 6) is 1.16. The molecule has 0 unspecified atom stereocenters. The molecule has 0 aliphatic heterocycles. The Hall–Kier alpha value is -2.23. The normalized spacial score (nSPS) is 10.1. The maximum Gasteiger partial charge on any atom is 0.146 e. The Kier molecular flexibility index (Phi) is 4.23. The van der Waals surface area contributed by atoms with E-state index in [0.717, 1.165) is 5.56 Å². The summed E-state index contributed by atoms with van der Waals surface area (Å²) in [5.41, 5.74) is 1.43. The number of ether oxygens (including phenoxy) is 2. The molecule has 0 aliphatic carbocycles. The highest BCUT2D eigenvalue weighted by atomic mass is 19.1. The second-order valence-corrected chi connectivity index (χ2v) is 4.05. The minimum atomic E-state index is -0.266. The van der Waals surface area contributed by atoms with Gasteiger partial charge in [-0.3, -0.25) is 0 Å². The number of anilines is 1. The van der Waals surface area contributed by atoms with E-state index in [4.69, 9.17) is 9.47 Å². The van der Waals surface area contributed by atoms with Crippen LogP contribution < -0.4 is 14.8 Å². The Morgan fingerprint density at radius 2 is 1.63 bits per heavy atom. The van der Waals surface area contributed by atoms with Crippen LogP contribution >= 0.6 is 0 Å². The van der Waals surface area contributed by atoms with Gasteiger partial charge in [0, 0.05) is 12.6 Å². The van der Waals surface area contributed by atoms with Crippen LogP contribution in [0, 0.1) is 5.82 Å². The lowest BCUT2D eigenvalue weighted by atomic mass is 10.2. The molecule has 1 N–H and O–H groups in total. The van der Waals surface area contributed by atoms with Crippen LogP contribution in [0.2, 0.25) is 0 Å². The Morgan fingerprint density at radius 3 is 2.21 bits per heavy atom. The number of para-hydroxylation sites is 1. The summed E-state index contributed by atoms with van der Waals surface area (Å²) in [4.78, 5) is 0. The van der Waals surface area contributed by atoms with Crippen molar-refractivity contribution in [2.75, 3.05) is 19.5 Å². The molecule has 19 heavy (non-hydrogen) atoms. The zero-order valence-electron chi connectivity index (χ0n) is 10.9. The average molecular weight is 261 g/mol. The third kappa shape index (κ3) is 3.37. The fourth-order valence-electron chi connectivity index (χ4n) is 1.77. The van der Waals surface area contributed by atoms with Crippen LogP contribution in [-0.2, 0) is 6.54 Å². The van der Waals surface area contributed by atoms with Crippen LogP contribution in [0.5, 0.6) is 11.5 Å². The Labute approximate surface area is 112 Å². The van der Waals surface area contributed by atoms with Crippen molar-refractivity contribution in [3.63, 3.8) is 0 Å². The predicted molar refractivity (Wildman–Crippen MR) is 73.3 cm³/mol. The Morgan fingerprint density at radius 1 is 1.00 bits per heavy atom.